The summed E-state index contributed by atoms with van der Waals surface area (Å²) in [6.45, 7) is 3.64. The summed E-state index contributed by atoms with van der Waals surface area (Å²) in [4.78, 5) is 40.0. The van der Waals surface area contributed by atoms with Crippen LogP contribution in [-0.4, -0.2) is 37.3 Å². The largest absolute Gasteiger partial charge is 0.446 e. The molecule has 1 aromatic carbocycles. The Morgan fingerprint density at radius 3 is 2.48 bits per heavy atom. The van der Waals surface area contributed by atoms with Crippen molar-refractivity contribution in [3.63, 3.8) is 0 Å². The van der Waals surface area contributed by atoms with Crippen LogP contribution in [0.1, 0.15) is 5.69 Å². The van der Waals surface area contributed by atoms with E-state index in [1.807, 2.05) is 0 Å². The first-order valence-electron chi connectivity index (χ1n) is 9.41. The zero-order valence-electron chi connectivity index (χ0n) is 16.8. The lowest BCUT2D eigenvalue weighted by Crippen LogP contribution is -2.32. The molecule has 0 unspecified atom stereocenters. The number of urea groups is 1. The second kappa shape index (κ2) is 8.90. The van der Waals surface area contributed by atoms with Crippen molar-refractivity contribution < 1.29 is 22.8 Å². The molecule has 1 aliphatic rings. The number of alkyl halides is 3. The molecule has 0 saturated carbocycles. The fourth-order valence-electron chi connectivity index (χ4n) is 3.03. The van der Waals surface area contributed by atoms with Crippen LogP contribution in [-0.2, 0) is 11.3 Å². The molecule has 0 radical (unpaired) electrons. The average molecular weight is 472 g/mol. The van der Waals surface area contributed by atoms with Crippen molar-refractivity contribution in [2.45, 2.75) is 16.9 Å². The molecule has 0 atom stereocenters. The highest BCUT2D eigenvalue weighted by atomic mass is 32.2. The minimum Gasteiger partial charge on any atom is -0.323 e. The minimum atomic E-state index is -4.44. The third-order valence-electron chi connectivity index (χ3n) is 4.48. The average Bonchev–Trinajstić information content (AvgIpc) is 2.98. The van der Waals surface area contributed by atoms with Crippen LogP contribution in [0.4, 0.5) is 35.3 Å². The Balaban J connectivity index is 1.50. The molecule has 1 N–H and O–H groups in total. The molecule has 0 bridgehead atoms. The second-order valence-corrected chi connectivity index (χ2v) is 7.87. The molecule has 33 heavy (non-hydrogen) atoms. The summed E-state index contributed by atoms with van der Waals surface area (Å²) in [5.74, 6) is -0.391. The van der Waals surface area contributed by atoms with E-state index in [4.69, 9.17) is 0 Å². The predicted molar refractivity (Wildman–Crippen MR) is 115 cm³/mol. The molecule has 12 heteroatoms. The van der Waals surface area contributed by atoms with Crippen molar-refractivity contribution in [2.24, 2.45) is 0 Å². The molecule has 1 saturated heterocycles. The van der Waals surface area contributed by atoms with Gasteiger partial charge >= 0.3 is 11.5 Å². The number of hydrogen-bond acceptors (Lipinski definition) is 7. The number of nitrogens with one attached hydrogen (secondary N) is 1. The fourth-order valence-corrected chi connectivity index (χ4v) is 3.57. The number of carbonyl (C=O) groups excluding carboxylic acids is 2. The summed E-state index contributed by atoms with van der Waals surface area (Å²) in [7, 11) is 0. The van der Waals surface area contributed by atoms with Crippen LogP contribution in [0, 0.1) is 0 Å². The van der Waals surface area contributed by atoms with Crippen LogP contribution >= 0.6 is 11.8 Å². The zero-order chi connectivity index (χ0) is 23.6. The van der Waals surface area contributed by atoms with Gasteiger partial charge in [0.25, 0.3) is 5.91 Å². The molecule has 2 aromatic heterocycles. The Bertz CT molecular complexity index is 1200. The van der Waals surface area contributed by atoms with Gasteiger partial charge in [-0.2, -0.15) is 13.2 Å². The van der Waals surface area contributed by atoms with Crippen molar-refractivity contribution in [2.75, 3.05) is 10.2 Å². The van der Waals surface area contributed by atoms with Crippen LogP contribution in [0.2, 0.25) is 0 Å². The molecule has 168 valence electrons. The van der Waals surface area contributed by atoms with Crippen molar-refractivity contribution in [1.82, 2.24) is 19.9 Å². The third-order valence-corrected chi connectivity index (χ3v) is 5.22. The lowest BCUT2D eigenvalue weighted by atomic mass is 10.3. The van der Waals surface area contributed by atoms with E-state index >= 15 is 0 Å². The summed E-state index contributed by atoms with van der Waals surface area (Å²) in [5.41, 5.74) is -3.26. The number of hydrogen-bond donors (Lipinski definition) is 1. The molecule has 3 aromatic rings. The first kappa shape index (κ1) is 22.3. The lowest BCUT2D eigenvalue weighted by molar-refractivity contribution is -0.114. The summed E-state index contributed by atoms with van der Waals surface area (Å²) >= 11 is -0.282. The monoisotopic (exact) mass is 472 g/mol. The molecule has 3 heterocycles. The topological polar surface area (TPSA) is 91.3 Å². The predicted octanol–water partition coefficient (Wildman–Crippen LogP) is 4.71. The smallest absolute Gasteiger partial charge is 0.323 e. The zero-order valence-corrected chi connectivity index (χ0v) is 17.6. The quantitative estimate of drug-likeness (QED) is 0.316. The molecule has 4 rings (SSSR count). The molecule has 0 aliphatic carbocycles. The van der Waals surface area contributed by atoms with E-state index in [-0.39, 0.29) is 40.5 Å². The molecule has 8 nitrogen and oxygen atoms in total. The van der Waals surface area contributed by atoms with Crippen LogP contribution < -0.4 is 10.2 Å². The van der Waals surface area contributed by atoms with Gasteiger partial charge in [-0.25, -0.2) is 19.7 Å². The van der Waals surface area contributed by atoms with Crippen LogP contribution in [0.25, 0.3) is 0 Å². The van der Waals surface area contributed by atoms with E-state index in [1.165, 1.54) is 30.5 Å². The maximum atomic E-state index is 12.9. The van der Waals surface area contributed by atoms with Gasteiger partial charge in [-0.1, -0.05) is 6.58 Å². The highest BCUT2D eigenvalue weighted by molar-refractivity contribution is 8.00. The van der Waals surface area contributed by atoms with E-state index in [0.29, 0.717) is 11.4 Å². The lowest BCUT2D eigenvalue weighted by Gasteiger charge is -2.17. The van der Waals surface area contributed by atoms with Gasteiger partial charge in [-0.15, -0.1) is 0 Å². The molecular formula is C21H15F3N6O2S. The molecular weight excluding hydrogens is 457 g/mol. The highest BCUT2D eigenvalue weighted by Gasteiger charge is 2.41. The minimum absolute atomic E-state index is 0.0494. The molecule has 1 fully saturated rings. The van der Waals surface area contributed by atoms with Gasteiger partial charge in [-0.05, 0) is 54.2 Å². The van der Waals surface area contributed by atoms with Gasteiger partial charge in [0.15, 0.2) is 0 Å². The van der Waals surface area contributed by atoms with Crippen LogP contribution in [0.15, 0.2) is 78.2 Å². The summed E-state index contributed by atoms with van der Waals surface area (Å²) in [5, 5.41) is 2.99. The van der Waals surface area contributed by atoms with Gasteiger partial charge in [0.1, 0.15) is 5.70 Å². The van der Waals surface area contributed by atoms with Crippen LogP contribution in [0.3, 0.4) is 0 Å². The fraction of sp³-hybridized carbons (Fsp3) is 0.0952. The number of imide groups is 1. The third kappa shape index (κ3) is 5.12. The molecule has 3 amide bonds. The summed E-state index contributed by atoms with van der Waals surface area (Å²) in [6.07, 6.45) is 4.72. The number of amides is 3. The van der Waals surface area contributed by atoms with Crippen molar-refractivity contribution in [3.05, 3.63) is 79.0 Å². The van der Waals surface area contributed by atoms with Crippen molar-refractivity contribution in [3.8, 4) is 0 Å². The molecule has 0 spiro atoms. The SMILES string of the molecule is C=C1C(=O)N(c2ccc(SC(F)(F)F)cc2)C(=O)N1Cc1ccnc(Nc2cccnc2)n1. The van der Waals surface area contributed by atoms with E-state index < -0.39 is 17.4 Å². The van der Waals surface area contributed by atoms with Gasteiger partial charge < -0.3 is 5.32 Å². The maximum absolute atomic E-state index is 12.9. The van der Waals surface area contributed by atoms with Gasteiger partial charge in [0.05, 0.1) is 29.8 Å². The number of carbonyl (C=O) groups is 2. The molecule has 1 aliphatic heterocycles. The number of thioether (sulfide) groups is 1. The number of anilines is 3. The van der Waals surface area contributed by atoms with E-state index in [1.54, 1.807) is 30.6 Å². The number of pyridine rings is 1. The first-order chi connectivity index (χ1) is 15.7. The number of benzene rings is 1. The van der Waals surface area contributed by atoms with Gasteiger partial charge in [0, 0.05) is 17.3 Å². The van der Waals surface area contributed by atoms with Crippen LogP contribution in [0.5, 0.6) is 0 Å². The van der Waals surface area contributed by atoms with Crippen molar-refractivity contribution in [1.29, 1.82) is 0 Å². The standard InChI is InChI=1S/C21H15F3N6O2S/c1-13-18(31)30(16-4-6-17(7-5-16)33-21(22,23)24)20(32)29(13)12-15-8-10-26-19(28-15)27-14-3-2-9-25-11-14/h2-11H,1,12H2,(H,26,27,28). The number of aromatic nitrogens is 3. The Kier molecular flexibility index (Phi) is 6.01. The second-order valence-electron chi connectivity index (χ2n) is 6.74. The number of halogens is 3. The first-order valence-corrected chi connectivity index (χ1v) is 10.2. The Labute approximate surface area is 190 Å². The Morgan fingerprint density at radius 2 is 1.82 bits per heavy atom. The van der Waals surface area contributed by atoms with Gasteiger partial charge in [0.2, 0.25) is 5.95 Å². The normalized spacial score (nSPS) is 14.2. The summed E-state index contributed by atoms with van der Waals surface area (Å²) < 4.78 is 37.6. The van der Waals surface area contributed by atoms with Crippen molar-refractivity contribution >= 4 is 41.0 Å². The van der Waals surface area contributed by atoms with Gasteiger partial charge in [-0.3, -0.25) is 14.7 Å². The Hall–Kier alpha value is -3.93. The summed E-state index contributed by atoms with van der Waals surface area (Å²) in [6, 6.07) is 9.38. The number of rotatable bonds is 6. The van der Waals surface area contributed by atoms with E-state index in [2.05, 4.69) is 26.8 Å². The Morgan fingerprint density at radius 1 is 1.06 bits per heavy atom. The number of nitrogens with zero attached hydrogens (tertiary/aromatic N) is 5. The highest BCUT2D eigenvalue weighted by Crippen LogP contribution is 2.38. The van der Waals surface area contributed by atoms with E-state index in [0.717, 1.165) is 9.80 Å². The van der Waals surface area contributed by atoms with E-state index in [9.17, 15) is 22.8 Å². The maximum Gasteiger partial charge on any atom is 0.446 e.